The molecule has 2 aromatic carbocycles. The van der Waals surface area contributed by atoms with Crippen LogP contribution in [0.5, 0.6) is 5.75 Å². The van der Waals surface area contributed by atoms with Crippen molar-refractivity contribution in [1.82, 2.24) is 4.57 Å². The Morgan fingerprint density at radius 3 is 2.21 bits per heavy atom. The van der Waals surface area contributed by atoms with Crippen LogP contribution >= 0.6 is 0 Å². The second-order valence-electron chi connectivity index (χ2n) is 5.90. The van der Waals surface area contributed by atoms with Crippen molar-refractivity contribution in [2.24, 2.45) is 0 Å². The third kappa shape index (κ3) is 2.72. The van der Waals surface area contributed by atoms with E-state index in [9.17, 15) is 5.11 Å². The number of nitriles is 1. The lowest BCUT2D eigenvalue weighted by Crippen LogP contribution is -2.04. The van der Waals surface area contributed by atoms with Gasteiger partial charge < -0.3 is 15.4 Å². The zero-order valence-electron chi connectivity index (χ0n) is 13.7. The van der Waals surface area contributed by atoms with E-state index in [-0.39, 0.29) is 5.75 Å². The number of hydrogen-bond acceptors (Lipinski definition) is 3. The molecule has 0 amide bonds. The van der Waals surface area contributed by atoms with Crippen molar-refractivity contribution in [2.45, 2.75) is 20.4 Å². The summed E-state index contributed by atoms with van der Waals surface area (Å²) in [6.07, 6.45) is 0. The summed E-state index contributed by atoms with van der Waals surface area (Å²) in [6.45, 7) is 4.76. The van der Waals surface area contributed by atoms with Crippen molar-refractivity contribution in [1.29, 1.82) is 5.26 Å². The SMILES string of the molecule is Cc1c(N)c(-c2ccc(C#N)cc2)c(C)n1Cc1ccc(O)cc1. The Balaban J connectivity index is 2.03. The van der Waals surface area contributed by atoms with Gasteiger partial charge in [0.1, 0.15) is 5.75 Å². The Kier molecular flexibility index (Phi) is 4.01. The summed E-state index contributed by atoms with van der Waals surface area (Å²) in [5.74, 6) is 0.262. The van der Waals surface area contributed by atoms with Gasteiger partial charge in [0.2, 0.25) is 0 Å². The largest absolute Gasteiger partial charge is 0.508 e. The molecule has 0 aliphatic carbocycles. The lowest BCUT2D eigenvalue weighted by atomic mass is 10.0. The topological polar surface area (TPSA) is 75.0 Å². The smallest absolute Gasteiger partial charge is 0.115 e. The van der Waals surface area contributed by atoms with Crippen molar-refractivity contribution in [3.8, 4) is 22.9 Å². The normalized spacial score (nSPS) is 10.5. The predicted molar refractivity (Wildman–Crippen MR) is 95.7 cm³/mol. The molecule has 0 bridgehead atoms. The Labute approximate surface area is 141 Å². The fourth-order valence-electron chi connectivity index (χ4n) is 3.00. The van der Waals surface area contributed by atoms with Crippen LogP contribution in [0.3, 0.4) is 0 Å². The van der Waals surface area contributed by atoms with Crippen molar-refractivity contribution < 1.29 is 5.11 Å². The zero-order chi connectivity index (χ0) is 17.3. The molecule has 0 atom stereocenters. The van der Waals surface area contributed by atoms with Gasteiger partial charge in [0.05, 0.1) is 17.3 Å². The minimum Gasteiger partial charge on any atom is -0.508 e. The van der Waals surface area contributed by atoms with Crippen molar-refractivity contribution in [3.63, 3.8) is 0 Å². The number of hydrogen-bond donors (Lipinski definition) is 2. The molecule has 4 nitrogen and oxygen atoms in total. The van der Waals surface area contributed by atoms with E-state index in [1.54, 1.807) is 24.3 Å². The second kappa shape index (κ2) is 6.13. The second-order valence-corrected chi connectivity index (χ2v) is 5.90. The summed E-state index contributed by atoms with van der Waals surface area (Å²) < 4.78 is 2.18. The van der Waals surface area contributed by atoms with Gasteiger partial charge in [-0.1, -0.05) is 24.3 Å². The van der Waals surface area contributed by atoms with Gasteiger partial charge in [-0.3, -0.25) is 0 Å². The molecule has 0 radical (unpaired) electrons. The number of rotatable bonds is 3. The first-order valence-electron chi connectivity index (χ1n) is 7.75. The first-order valence-corrected chi connectivity index (χ1v) is 7.75. The molecule has 4 heteroatoms. The quantitative estimate of drug-likeness (QED) is 0.767. The number of aromatic nitrogens is 1. The van der Waals surface area contributed by atoms with Crippen LogP contribution in [0.1, 0.15) is 22.5 Å². The van der Waals surface area contributed by atoms with E-state index in [2.05, 4.69) is 17.6 Å². The number of phenolic OH excluding ortho intramolecular Hbond substituents is 1. The first-order chi connectivity index (χ1) is 11.5. The number of benzene rings is 2. The number of phenols is 1. The highest BCUT2D eigenvalue weighted by molar-refractivity contribution is 5.81. The molecule has 0 unspecified atom stereocenters. The standard InChI is InChI=1S/C20H19N3O/c1-13-19(17-7-3-15(11-21)4-8-17)20(22)14(2)23(13)12-16-5-9-18(24)10-6-16/h3-10,24H,12,22H2,1-2H3. The van der Waals surface area contributed by atoms with Gasteiger partial charge in [0, 0.05) is 23.5 Å². The third-order valence-corrected chi connectivity index (χ3v) is 4.41. The van der Waals surface area contributed by atoms with Gasteiger partial charge in [-0.15, -0.1) is 0 Å². The molecule has 120 valence electrons. The van der Waals surface area contributed by atoms with E-state index < -0.39 is 0 Å². The van der Waals surface area contributed by atoms with Crippen molar-refractivity contribution >= 4 is 5.69 Å². The van der Waals surface area contributed by atoms with Crippen LogP contribution in [-0.2, 0) is 6.54 Å². The lowest BCUT2D eigenvalue weighted by molar-refractivity contribution is 0.475. The maximum atomic E-state index is 9.42. The Morgan fingerprint density at radius 1 is 1.00 bits per heavy atom. The van der Waals surface area contributed by atoms with Gasteiger partial charge in [-0.2, -0.15) is 5.26 Å². The van der Waals surface area contributed by atoms with Gasteiger partial charge in [-0.05, 0) is 49.2 Å². The number of nitrogen functional groups attached to an aromatic ring is 1. The molecule has 3 aromatic rings. The van der Waals surface area contributed by atoms with Gasteiger partial charge in [0.25, 0.3) is 0 Å². The highest BCUT2D eigenvalue weighted by Gasteiger charge is 2.17. The van der Waals surface area contributed by atoms with Crippen LogP contribution in [-0.4, -0.2) is 9.67 Å². The van der Waals surface area contributed by atoms with Crippen LogP contribution in [0.4, 0.5) is 5.69 Å². The summed E-state index contributed by atoms with van der Waals surface area (Å²) in [7, 11) is 0. The van der Waals surface area contributed by atoms with E-state index in [1.165, 1.54) is 0 Å². The molecule has 0 fully saturated rings. The Bertz CT molecular complexity index is 914. The Hall–Kier alpha value is -3.19. The van der Waals surface area contributed by atoms with E-state index in [4.69, 9.17) is 11.0 Å². The Morgan fingerprint density at radius 2 is 1.62 bits per heavy atom. The van der Waals surface area contributed by atoms with Crippen LogP contribution < -0.4 is 5.73 Å². The average molecular weight is 317 g/mol. The minimum atomic E-state index is 0.262. The molecule has 0 spiro atoms. The number of aromatic hydroxyl groups is 1. The van der Waals surface area contributed by atoms with Crippen LogP contribution in [0, 0.1) is 25.2 Å². The zero-order valence-corrected chi connectivity index (χ0v) is 13.7. The molecule has 0 aliphatic heterocycles. The molecular formula is C20H19N3O. The van der Waals surface area contributed by atoms with Crippen molar-refractivity contribution in [3.05, 3.63) is 71.0 Å². The highest BCUT2D eigenvalue weighted by Crippen LogP contribution is 2.35. The average Bonchev–Trinajstić information content (AvgIpc) is 2.80. The van der Waals surface area contributed by atoms with Gasteiger partial charge >= 0.3 is 0 Å². The maximum absolute atomic E-state index is 9.42. The molecule has 3 rings (SSSR count). The fraction of sp³-hybridized carbons (Fsp3) is 0.150. The first kappa shape index (κ1) is 15.7. The molecule has 0 saturated carbocycles. The molecule has 0 aliphatic rings. The summed E-state index contributed by atoms with van der Waals surface area (Å²) in [5.41, 5.74) is 13.0. The van der Waals surface area contributed by atoms with Crippen LogP contribution in [0.2, 0.25) is 0 Å². The molecular weight excluding hydrogens is 298 g/mol. The summed E-state index contributed by atoms with van der Waals surface area (Å²) in [6, 6.07) is 16.8. The van der Waals surface area contributed by atoms with Crippen LogP contribution in [0.15, 0.2) is 48.5 Å². The maximum Gasteiger partial charge on any atom is 0.115 e. The van der Waals surface area contributed by atoms with E-state index in [0.717, 1.165) is 33.8 Å². The molecule has 24 heavy (non-hydrogen) atoms. The summed E-state index contributed by atoms with van der Waals surface area (Å²) >= 11 is 0. The molecule has 0 saturated heterocycles. The van der Waals surface area contributed by atoms with E-state index in [0.29, 0.717) is 12.1 Å². The monoisotopic (exact) mass is 317 g/mol. The summed E-state index contributed by atoms with van der Waals surface area (Å²) in [4.78, 5) is 0. The van der Waals surface area contributed by atoms with Crippen molar-refractivity contribution in [2.75, 3.05) is 5.73 Å². The number of anilines is 1. The molecule has 1 heterocycles. The van der Waals surface area contributed by atoms with Gasteiger partial charge in [0.15, 0.2) is 0 Å². The number of nitrogens with zero attached hydrogens (tertiary/aromatic N) is 2. The highest BCUT2D eigenvalue weighted by atomic mass is 16.3. The number of nitrogens with two attached hydrogens (primary N) is 1. The third-order valence-electron chi connectivity index (χ3n) is 4.41. The van der Waals surface area contributed by atoms with Gasteiger partial charge in [-0.25, -0.2) is 0 Å². The van der Waals surface area contributed by atoms with E-state index in [1.807, 2.05) is 31.2 Å². The summed E-state index contributed by atoms with van der Waals surface area (Å²) in [5, 5.41) is 18.4. The van der Waals surface area contributed by atoms with Crippen LogP contribution in [0.25, 0.3) is 11.1 Å². The molecule has 3 N–H and O–H groups in total. The predicted octanol–water partition coefficient (Wildman–Crippen LogP) is 3.98. The molecule has 1 aromatic heterocycles. The minimum absolute atomic E-state index is 0.262. The van der Waals surface area contributed by atoms with E-state index >= 15 is 0 Å². The fourth-order valence-corrected chi connectivity index (χ4v) is 3.00. The lowest BCUT2D eigenvalue weighted by Gasteiger charge is -2.10.